The Bertz CT molecular complexity index is 327. The summed E-state index contributed by atoms with van der Waals surface area (Å²) in [6.45, 7) is 11.5. The van der Waals surface area contributed by atoms with Crippen LogP contribution in [-0.4, -0.2) is 16.6 Å². The first-order valence-electron chi connectivity index (χ1n) is 6.27. The summed E-state index contributed by atoms with van der Waals surface area (Å²) in [6.07, 6.45) is 3.09. The number of rotatable bonds is 5. The minimum absolute atomic E-state index is 0.131. The average molecular weight is 236 g/mol. The number of nitrogens with one attached hydrogen (secondary N) is 1. The highest BCUT2D eigenvalue weighted by Crippen LogP contribution is 2.11. The lowest BCUT2D eigenvalue weighted by Crippen LogP contribution is -2.35. The lowest BCUT2D eigenvalue weighted by molar-refractivity contribution is 0.208. The maximum absolute atomic E-state index is 5.63. The van der Waals surface area contributed by atoms with E-state index in [-0.39, 0.29) is 11.6 Å². The zero-order valence-electron chi connectivity index (χ0n) is 11.6. The van der Waals surface area contributed by atoms with E-state index in [9.17, 15) is 0 Å². The summed E-state index contributed by atoms with van der Waals surface area (Å²) < 4.78 is 5.63. The van der Waals surface area contributed by atoms with Gasteiger partial charge in [0, 0.05) is 24.3 Å². The molecule has 3 heteroatoms. The summed E-state index contributed by atoms with van der Waals surface area (Å²) in [6, 6.07) is 4.00. The van der Waals surface area contributed by atoms with Gasteiger partial charge in [-0.15, -0.1) is 0 Å². The maximum Gasteiger partial charge on any atom is 0.213 e. The third-order valence-corrected chi connectivity index (χ3v) is 2.52. The summed E-state index contributed by atoms with van der Waals surface area (Å²) in [4.78, 5) is 4.31. The molecule has 1 rings (SSSR count). The van der Waals surface area contributed by atoms with E-state index in [2.05, 4.69) is 51.0 Å². The zero-order valence-corrected chi connectivity index (χ0v) is 11.6. The molecule has 0 aliphatic carbocycles. The fraction of sp³-hybridized carbons (Fsp3) is 0.643. The second kappa shape index (κ2) is 6.01. The molecule has 1 aromatic rings. The Kier molecular flexibility index (Phi) is 4.94. The molecule has 0 bridgehead atoms. The Morgan fingerprint density at radius 1 is 1.35 bits per heavy atom. The highest BCUT2D eigenvalue weighted by Gasteiger charge is 2.08. The predicted octanol–water partition coefficient (Wildman–Crippen LogP) is 3.15. The number of nitrogens with zero attached hydrogens (tertiary/aromatic N) is 1. The number of pyridine rings is 1. The maximum atomic E-state index is 5.63. The van der Waals surface area contributed by atoms with Gasteiger partial charge in [-0.2, -0.15) is 0 Å². The second-order valence-electron chi connectivity index (χ2n) is 5.44. The Hall–Kier alpha value is -1.09. The Morgan fingerprint density at radius 2 is 2.06 bits per heavy atom. The molecule has 17 heavy (non-hydrogen) atoms. The molecule has 0 radical (unpaired) electrons. The van der Waals surface area contributed by atoms with Crippen molar-refractivity contribution in [3.63, 3.8) is 0 Å². The van der Waals surface area contributed by atoms with E-state index in [1.165, 1.54) is 5.56 Å². The van der Waals surface area contributed by atoms with E-state index in [0.29, 0.717) is 5.88 Å². The molecule has 3 nitrogen and oxygen atoms in total. The third-order valence-electron chi connectivity index (χ3n) is 2.52. The van der Waals surface area contributed by atoms with Gasteiger partial charge in [-0.05, 0) is 39.7 Å². The molecule has 0 saturated carbocycles. The molecule has 0 aromatic carbocycles. The number of aromatic nitrogens is 1. The average Bonchev–Trinajstić information content (AvgIpc) is 2.27. The van der Waals surface area contributed by atoms with E-state index >= 15 is 0 Å². The van der Waals surface area contributed by atoms with Gasteiger partial charge in [0.2, 0.25) is 5.88 Å². The molecule has 1 atom stereocenters. The Balaban J connectivity index is 2.50. The van der Waals surface area contributed by atoms with Crippen molar-refractivity contribution in [3.8, 4) is 5.88 Å². The molecule has 1 unspecified atom stereocenters. The van der Waals surface area contributed by atoms with Gasteiger partial charge < -0.3 is 10.1 Å². The van der Waals surface area contributed by atoms with E-state index in [0.717, 1.165) is 13.0 Å². The van der Waals surface area contributed by atoms with Gasteiger partial charge in [-0.1, -0.05) is 13.0 Å². The van der Waals surface area contributed by atoms with Gasteiger partial charge in [0.15, 0.2) is 0 Å². The lowest BCUT2D eigenvalue weighted by atomic mass is 10.1. The first-order valence-corrected chi connectivity index (χ1v) is 6.27. The number of hydrogen-bond acceptors (Lipinski definition) is 3. The van der Waals surface area contributed by atoms with Crippen LogP contribution < -0.4 is 10.1 Å². The highest BCUT2D eigenvalue weighted by molar-refractivity contribution is 5.18. The van der Waals surface area contributed by atoms with Crippen molar-refractivity contribution >= 4 is 0 Å². The molecule has 1 heterocycles. The molecule has 0 aliphatic heterocycles. The normalized spacial score (nSPS) is 13.5. The SMILES string of the molecule is CCC(C)Oc1ccc(CNC(C)(C)C)cn1. The van der Waals surface area contributed by atoms with Gasteiger partial charge in [-0.3, -0.25) is 0 Å². The van der Waals surface area contributed by atoms with Crippen molar-refractivity contribution in [2.24, 2.45) is 0 Å². The molecule has 96 valence electrons. The van der Waals surface area contributed by atoms with Crippen LogP contribution in [0.1, 0.15) is 46.6 Å². The number of hydrogen-bond donors (Lipinski definition) is 1. The molecular weight excluding hydrogens is 212 g/mol. The van der Waals surface area contributed by atoms with Crippen LogP contribution in [-0.2, 0) is 6.54 Å². The van der Waals surface area contributed by atoms with Crippen LogP contribution >= 0.6 is 0 Å². The molecule has 0 amide bonds. The zero-order chi connectivity index (χ0) is 12.9. The van der Waals surface area contributed by atoms with Crippen LogP contribution in [0.5, 0.6) is 5.88 Å². The topological polar surface area (TPSA) is 34.1 Å². The Morgan fingerprint density at radius 3 is 2.53 bits per heavy atom. The Labute approximate surface area is 105 Å². The summed E-state index contributed by atoms with van der Waals surface area (Å²) in [5.74, 6) is 0.707. The second-order valence-corrected chi connectivity index (χ2v) is 5.44. The summed E-state index contributed by atoms with van der Waals surface area (Å²) in [5.41, 5.74) is 1.31. The van der Waals surface area contributed by atoms with E-state index in [1.807, 2.05) is 12.3 Å². The standard InChI is InChI=1S/C14H24N2O/c1-6-11(2)17-13-8-7-12(9-15-13)10-16-14(3,4)5/h7-9,11,16H,6,10H2,1-5H3. The summed E-state index contributed by atoms with van der Waals surface area (Å²) in [5, 5.41) is 3.43. The van der Waals surface area contributed by atoms with Crippen molar-refractivity contribution in [2.45, 2.75) is 59.2 Å². The predicted molar refractivity (Wildman–Crippen MR) is 71.2 cm³/mol. The van der Waals surface area contributed by atoms with Crippen molar-refractivity contribution in [1.29, 1.82) is 0 Å². The van der Waals surface area contributed by atoms with Crippen molar-refractivity contribution < 1.29 is 4.74 Å². The van der Waals surface area contributed by atoms with Crippen LogP contribution in [0.15, 0.2) is 18.3 Å². The van der Waals surface area contributed by atoms with Crippen LogP contribution in [0.2, 0.25) is 0 Å². The highest BCUT2D eigenvalue weighted by atomic mass is 16.5. The minimum atomic E-state index is 0.131. The monoisotopic (exact) mass is 236 g/mol. The van der Waals surface area contributed by atoms with Gasteiger partial charge in [0.25, 0.3) is 0 Å². The summed E-state index contributed by atoms with van der Waals surface area (Å²) in [7, 11) is 0. The molecule has 1 aromatic heterocycles. The van der Waals surface area contributed by atoms with Crippen LogP contribution in [0.4, 0.5) is 0 Å². The van der Waals surface area contributed by atoms with E-state index in [1.54, 1.807) is 0 Å². The molecular formula is C14H24N2O. The van der Waals surface area contributed by atoms with Crippen molar-refractivity contribution in [2.75, 3.05) is 0 Å². The quantitative estimate of drug-likeness (QED) is 0.852. The molecule has 0 aliphatic rings. The molecule has 0 fully saturated rings. The van der Waals surface area contributed by atoms with Crippen molar-refractivity contribution in [1.82, 2.24) is 10.3 Å². The smallest absolute Gasteiger partial charge is 0.213 e. The largest absolute Gasteiger partial charge is 0.475 e. The van der Waals surface area contributed by atoms with Gasteiger partial charge in [-0.25, -0.2) is 4.98 Å². The van der Waals surface area contributed by atoms with Crippen LogP contribution in [0, 0.1) is 0 Å². The first kappa shape index (κ1) is 14.0. The van der Waals surface area contributed by atoms with Crippen molar-refractivity contribution in [3.05, 3.63) is 23.9 Å². The molecule has 0 spiro atoms. The van der Waals surface area contributed by atoms with E-state index < -0.39 is 0 Å². The minimum Gasteiger partial charge on any atom is -0.475 e. The van der Waals surface area contributed by atoms with Gasteiger partial charge in [0.05, 0.1) is 6.10 Å². The molecule has 1 N–H and O–H groups in total. The van der Waals surface area contributed by atoms with Crippen LogP contribution in [0.3, 0.4) is 0 Å². The number of ether oxygens (including phenoxy) is 1. The van der Waals surface area contributed by atoms with Gasteiger partial charge >= 0.3 is 0 Å². The lowest BCUT2D eigenvalue weighted by Gasteiger charge is -2.20. The fourth-order valence-corrected chi connectivity index (χ4v) is 1.24. The first-order chi connectivity index (χ1) is 7.90. The van der Waals surface area contributed by atoms with E-state index in [4.69, 9.17) is 4.74 Å². The third kappa shape index (κ3) is 5.68. The van der Waals surface area contributed by atoms with Gasteiger partial charge in [0.1, 0.15) is 0 Å². The fourth-order valence-electron chi connectivity index (χ4n) is 1.24. The van der Waals surface area contributed by atoms with Crippen LogP contribution in [0.25, 0.3) is 0 Å². The summed E-state index contributed by atoms with van der Waals surface area (Å²) >= 11 is 0. The molecule has 0 saturated heterocycles.